The summed E-state index contributed by atoms with van der Waals surface area (Å²) in [7, 11) is 1.39. The van der Waals surface area contributed by atoms with Gasteiger partial charge in [0.05, 0.1) is 13.5 Å². The Bertz CT molecular complexity index is 380. The van der Waals surface area contributed by atoms with Crippen molar-refractivity contribution >= 4 is 12.0 Å². The summed E-state index contributed by atoms with van der Waals surface area (Å²) in [6.45, 7) is 8.64. The van der Waals surface area contributed by atoms with Crippen LogP contribution in [0.25, 0.3) is 0 Å². The van der Waals surface area contributed by atoms with Crippen molar-refractivity contribution < 1.29 is 14.3 Å². The second-order valence-electron chi connectivity index (χ2n) is 6.83. The minimum atomic E-state index is -0.265. The standard InChI is InChI=1S/C19H37N3O3/c1-4-21(5-2)14-9-10-15-22(16-13-18(23)25-3)19(24)20-17-11-7-6-8-12-17/h17H,4-16H2,1-3H3,(H,20,24). The zero-order valence-corrected chi connectivity index (χ0v) is 16.4. The van der Waals surface area contributed by atoms with E-state index in [0.29, 0.717) is 13.1 Å². The van der Waals surface area contributed by atoms with E-state index in [4.69, 9.17) is 4.74 Å². The van der Waals surface area contributed by atoms with Crippen molar-refractivity contribution in [3.05, 3.63) is 0 Å². The van der Waals surface area contributed by atoms with E-state index in [-0.39, 0.29) is 24.5 Å². The molecular formula is C19H37N3O3. The largest absolute Gasteiger partial charge is 0.469 e. The van der Waals surface area contributed by atoms with Gasteiger partial charge in [-0.3, -0.25) is 4.79 Å². The molecule has 0 radical (unpaired) electrons. The van der Waals surface area contributed by atoms with E-state index in [1.807, 2.05) is 0 Å². The maximum atomic E-state index is 12.6. The molecular weight excluding hydrogens is 318 g/mol. The first-order valence-electron chi connectivity index (χ1n) is 9.95. The lowest BCUT2D eigenvalue weighted by atomic mass is 9.96. The van der Waals surface area contributed by atoms with Crippen molar-refractivity contribution in [1.82, 2.24) is 15.1 Å². The molecule has 0 aromatic rings. The predicted octanol–water partition coefficient (Wildman–Crippen LogP) is 3.02. The molecule has 146 valence electrons. The number of nitrogens with one attached hydrogen (secondary N) is 1. The van der Waals surface area contributed by atoms with Gasteiger partial charge < -0.3 is 19.9 Å². The summed E-state index contributed by atoms with van der Waals surface area (Å²) in [6, 6.07) is 0.260. The first-order valence-corrected chi connectivity index (χ1v) is 9.95. The summed E-state index contributed by atoms with van der Waals surface area (Å²) in [5.74, 6) is -0.265. The Kier molecular flexibility index (Phi) is 11.3. The summed E-state index contributed by atoms with van der Waals surface area (Å²) >= 11 is 0. The third kappa shape index (κ3) is 9.10. The molecule has 6 nitrogen and oxygen atoms in total. The van der Waals surface area contributed by atoms with Gasteiger partial charge in [-0.2, -0.15) is 0 Å². The van der Waals surface area contributed by atoms with Crippen LogP contribution in [0.1, 0.15) is 65.2 Å². The first kappa shape index (κ1) is 21.7. The fourth-order valence-electron chi connectivity index (χ4n) is 3.33. The van der Waals surface area contributed by atoms with Crippen molar-refractivity contribution in [3.8, 4) is 0 Å². The number of rotatable bonds is 11. The van der Waals surface area contributed by atoms with Crippen LogP contribution in [0, 0.1) is 0 Å². The molecule has 1 aliphatic rings. The van der Waals surface area contributed by atoms with E-state index >= 15 is 0 Å². The van der Waals surface area contributed by atoms with Gasteiger partial charge in [0.1, 0.15) is 0 Å². The van der Waals surface area contributed by atoms with Crippen LogP contribution in [0.3, 0.4) is 0 Å². The lowest BCUT2D eigenvalue weighted by Crippen LogP contribution is -2.46. The Hall–Kier alpha value is -1.30. The average Bonchev–Trinajstić information content (AvgIpc) is 2.64. The number of nitrogens with zero attached hydrogens (tertiary/aromatic N) is 2. The molecule has 1 fully saturated rings. The highest BCUT2D eigenvalue weighted by Crippen LogP contribution is 2.17. The predicted molar refractivity (Wildman–Crippen MR) is 101 cm³/mol. The van der Waals surface area contributed by atoms with Crippen LogP contribution in [0.4, 0.5) is 4.79 Å². The molecule has 0 unspecified atom stereocenters. The minimum absolute atomic E-state index is 0.0290. The summed E-state index contributed by atoms with van der Waals surface area (Å²) in [6.07, 6.45) is 8.06. The zero-order valence-electron chi connectivity index (χ0n) is 16.4. The Morgan fingerprint density at radius 2 is 1.64 bits per heavy atom. The number of carbonyl (C=O) groups is 2. The van der Waals surface area contributed by atoms with Gasteiger partial charge in [0.15, 0.2) is 0 Å². The molecule has 0 bridgehead atoms. The van der Waals surface area contributed by atoms with E-state index in [1.54, 1.807) is 4.90 Å². The van der Waals surface area contributed by atoms with E-state index in [2.05, 4.69) is 24.1 Å². The maximum absolute atomic E-state index is 12.6. The number of unbranched alkanes of at least 4 members (excludes halogenated alkanes) is 1. The molecule has 1 saturated carbocycles. The Morgan fingerprint density at radius 3 is 2.24 bits per heavy atom. The fourth-order valence-corrected chi connectivity index (χ4v) is 3.33. The second-order valence-corrected chi connectivity index (χ2v) is 6.83. The molecule has 2 amide bonds. The van der Waals surface area contributed by atoms with Gasteiger partial charge in [-0.25, -0.2) is 4.79 Å². The van der Waals surface area contributed by atoms with Crippen molar-refractivity contribution in [2.45, 2.75) is 71.3 Å². The van der Waals surface area contributed by atoms with Gasteiger partial charge in [-0.1, -0.05) is 33.1 Å². The van der Waals surface area contributed by atoms with E-state index in [9.17, 15) is 9.59 Å². The Labute approximate surface area is 153 Å². The Morgan fingerprint density at radius 1 is 1.00 bits per heavy atom. The average molecular weight is 356 g/mol. The van der Waals surface area contributed by atoms with Crippen LogP contribution in [-0.2, 0) is 9.53 Å². The smallest absolute Gasteiger partial charge is 0.317 e. The van der Waals surface area contributed by atoms with Crippen LogP contribution in [0.15, 0.2) is 0 Å². The first-order chi connectivity index (χ1) is 12.1. The van der Waals surface area contributed by atoms with Crippen molar-refractivity contribution in [2.24, 2.45) is 0 Å². The van der Waals surface area contributed by atoms with Gasteiger partial charge in [0, 0.05) is 19.1 Å². The van der Waals surface area contributed by atoms with Crippen LogP contribution < -0.4 is 5.32 Å². The highest BCUT2D eigenvalue weighted by molar-refractivity contribution is 5.76. The van der Waals surface area contributed by atoms with Gasteiger partial charge in [0.2, 0.25) is 0 Å². The number of methoxy groups -OCH3 is 1. The summed E-state index contributed by atoms with van der Waals surface area (Å²) in [4.78, 5) is 28.2. The maximum Gasteiger partial charge on any atom is 0.317 e. The molecule has 6 heteroatoms. The van der Waals surface area contributed by atoms with Gasteiger partial charge in [-0.05, 0) is 45.3 Å². The SMILES string of the molecule is CCN(CC)CCCCN(CCC(=O)OC)C(=O)NC1CCCCC1. The van der Waals surface area contributed by atoms with Crippen LogP contribution in [0.5, 0.6) is 0 Å². The molecule has 0 aromatic heterocycles. The molecule has 0 heterocycles. The normalized spacial score (nSPS) is 15.2. The summed E-state index contributed by atoms with van der Waals surface area (Å²) in [5.41, 5.74) is 0. The third-order valence-corrected chi connectivity index (χ3v) is 5.08. The topological polar surface area (TPSA) is 61.9 Å². The summed E-state index contributed by atoms with van der Waals surface area (Å²) in [5, 5.41) is 3.16. The quantitative estimate of drug-likeness (QED) is 0.457. The monoisotopic (exact) mass is 355 g/mol. The number of hydrogen-bond donors (Lipinski definition) is 1. The molecule has 0 spiro atoms. The minimum Gasteiger partial charge on any atom is -0.469 e. The molecule has 1 N–H and O–H groups in total. The second kappa shape index (κ2) is 13.0. The molecule has 0 aliphatic heterocycles. The number of urea groups is 1. The van der Waals surface area contributed by atoms with Gasteiger partial charge in [0.25, 0.3) is 0 Å². The zero-order chi connectivity index (χ0) is 18.5. The van der Waals surface area contributed by atoms with Crippen LogP contribution in [0.2, 0.25) is 0 Å². The number of esters is 1. The van der Waals surface area contributed by atoms with E-state index in [0.717, 1.165) is 45.3 Å². The van der Waals surface area contributed by atoms with Crippen LogP contribution in [-0.4, -0.2) is 67.7 Å². The number of amides is 2. The van der Waals surface area contributed by atoms with Gasteiger partial charge >= 0.3 is 12.0 Å². The molecule has 1 aliphatic carbocycles. The van der Waals surface area contributed by atoms with E-state index < -0.39 is 0 Å². The third-order valence-electron chi connectivity index (χ3n) is 5.08. The molecule has 0 saturated heterocycles. The number of hydrogen-bond acceptors (Lipinski definition) is 4. The highest BCUT2D eigenvalue weighted by Gasteiger charge is 2.20. The molecule has 0 aromatic carbocycles. The number of carbonyl (C=O) groups excluding carboxylic acids is 2. The molecule has 1 rings (SSSR count). The lowest BCUT2D eigenvalue weighted by molar-refractivity contribution is -0.140. The Balaban J connectivity index is 2.43. The molecule has 25 heavy (non-hydrogen) atoms. The fraction of sp³-hybridized carbons (Fsp3) is 0.895. The number of ether oxygens (including phenoxy) is 1. The van der Waals surface area contributed by atoms with Crippen molar-refractivity contribution in [3.63, 3.8) is 0 Å². The van der Waals surface area contributed by atoms with E-state index in [1.165, 1.54) is 26.4 Å². The van der Waals surface area contributed by atoms with Gasteiger partial charge in [-0.15, -0.1) is 0 Å². The van der Waals surface area contributed by atoms with Crippen LogP contribution >= 0.6 is 0 Å². The lowest BCUT2D eigenvalue weighted by Gasteiger charge is -2.28. The summed E-state index contributed by atoms with van der Waals surface area (Å²) < 4.78 is 4.71. The highest BCUT2D eigenvalue weighted by atomic mass is 16.5. The van der Waals surface area contributed by atoms with Crippen molar-refractivity contribution in [2.75, 3.05) is 39.8 Å². The van der Waals surface area contributed by atoms with Crippen molar-refractivity contribution in [1.29, 1.82) is 0 Å². The molecule has 0 atom stereocenters.